The van der Waals surface area contributed by atoms with Gasteiger partial charge in [0.2, 0.25) is 0 Å². The lowest BCUT2D eigenvalue weighted by Crippen LogP contribution is -2.24. The number of hydrogen-bond acceptors (Lipinski definition) is 2. The molecule has 1 saturated carbocycles. The lowest BCUT2D eigenvalue weighted by molar-refractivity contribution is 0.301. The van der Waals surface area contributed by atoms with Crippen molar-refractivity contribution in [3.8, 4) is 5.75 Å². The first-order chi connectivity index (χ1) is 8.22. The molecule has 0 amide bonds. The van der Waals surface area contributed by atoms with E-state index in [0.717, 1.165) is 15.8 Å². The Hall–Kier alpha value is -0.540. The Morgan fingerprint density at radius 1 is 1.29 bits per heavy atom. The van der Waals surface area contributed by atoms with Crippen LogP contribution in [0.2, 0.25) is 0 Å². The maximum Gasteiger partial charge on any atom is 0.123 e. The van der Waals surface area contributed by atoms with Gasteiger partial charge in [-0.25, -0.2) is 0 Å². The van der Waals surface area contributed by atoms with Crippen molar-refractivity contribution in [2.75, 3.05) is 7.11 Å². The van der Waals surface area contributed by atoms with Crippen LogP contribution in [0.15, 0.2) is 22.7 Å². The maximum absolute atomic E-state index is 6.41. The van der Waals surface area contributed by atoms with E-state index in [0.29, 0.717) is 5.92 Å². The van der Waals surface area contributed by atoms with Gasteiger partial charge < -0.3 is 10.5 Å². The van der Waals surface area contributed by atoms with E-state index in [-0.39, 0.29) is 6.04 Å². The van der Waals surface area contributed by atoms with E-state index < -0.39 is 0 Å². The topological polar surface area (TPSA) is 35.2 Å². The van der Waals surface area contributed by atoms with Crippen molar-refractivity contribution < 1.29 is 4.74 Å². The molecular weight excluding hydrogens is 278 g/mol. The van der Waals surface area contributed by atoms with Crippen molar-refractivity contribution in [2.24, 2.45) is 11.7 Å². The van der Waals surface area contributed by atoms with Crippen LogP contribution < -0.4 is 10.5 Å². The SMILES string of the molecule is COc1ccc(Br)cc1[C@H](N)C1CCCCC1. The van der Waals surface area contributed by atoms with Gasteiger partial charge in [-0.05, 0) is 37.0 Å². The van der Waals surface area contributed by atoms with Crippen LogP contribution in [0.1, 0.15) is 43.7 Å². The standard InChI is InChI=1S/C14H20BrNO/c1-17-13-8-7-11(15)9-12(13)14(16)10-5-3-2-4-6-10/h7-10,14H,2-6,16H2,1H3/t14-/m1/s1. The van der Waals surface area contributed by atoms with Crippen molar-refractivity contribution in [1.29, 1.82) is 0 Å². The minimum absolute atomic E-state index is 0.0998. The van der Waals surface area contributed by atoms with Crippen molar-refractivity contribution in [3.05, 3.63) is 28.2 Å². The minimum atomic E-state index is 0.0998. The summed E-state index contributed by atoms with van der Waals surface area (Å²) in [6.45, 7) is 0. The average Bonchev–Trinajstić information content (AvgIpc) is 2.39. The third kappa shape index (κ3) is 3.02. The third-order valence-electron chi connectivity index (χ3n) is 3.71. The number of hydrogen-bond donors (Lipinski definition) is 1. The van der Waals surface area contributed by atoms with E-state index in [4.69, 9.17) is 10.5 Å². The summed E-state index contributed by atoms with van der Waals surface area (Å²) in [4.78, 5) is 0. The quantitative estimate of drug-likeness (QED) is 0.914. The molecule has 2 N–H and O–H groups in total. The number of halogens is 1. The number of nitrogens with two attached hydrogens (primary N) is 1. The largest absolute Gasteiger partial charge is 0.496 e. The lowest BCUT2D eigenvalue weighted by atomic mass is 9.81. The van der Waals surface area contributed by atoms with E-state index in [1.807, 2.05) is 12.1 Å². The van der Waals surface area contributed by atoms with E-state index in [1.54, 1.807) is 7.11 Å². The molecule has 17 heavy (non-hydrogen) atoms. The molecule has 1 fully saturated rings. The van der Waals surface area contributed by atoms with Gasteiger partial charge in [-0.1, -0.05) is 35.2 Å². The summed E-state index contributed by atoms with van der Waals surface area (Å²) in [5, 5.41) is 0. The Kier molecular flexibility index (Phi) is 4.46. The number of rotatable bonds is 3. The van der Waals surface area contributed by atoms with Crippen LogP contribution in [-0.4, -0.2) is 7.11 Å². The Bertz CT molecular complexity index is 374. The van der Waals surface area contributed by atoms with Gasteiger partial charge in [0.15, 0.2) is 0 Å². The molecule has 1 atom stereocenters. The first-order valence-corrected chi connectivity index (χ1v) is 7.10. The first-order valence-electron chi connectivity index (χ1n) is 6.31. The van der Waals surface area contributed by atoms with Crippen LogP contribution in [0, 0.1) is 5.92 Å². The molecule has 1 aromatic carbocycles. The minimum Gasteiger partial charge on any atom is -0.496 e. The van der Waals surface area contributed by atoms with Gasteiger partial charge in [0.1, 0.15) is 5.75 Å². The smallest absolute Gasteiger partial charge is 0.123 e. The van der Waals surface area contributed by atoms with Gasteiger partial charge >= 0.3 is 0 Å². The fraction of sp³-hybridized carbons (Fsp3) is 0.571. The molecule has 0 unspecified atom stereocenters. The van der Waals surface area contributed by atoms with E-state index in [2.05, 4.69) is 22.0 Å². The Labute approximate surface area is 112 Å². The summed E-state index contributed by atoms with van der Waals surface area (Å²) in [5.41, 5.74) is 7.55. The highest BCUT2D eigenvalue weighted by Gasteiger charge is 2.24. The molecule has 0 bridgehead atoms. The Morgan fingerprint density at radius 2 is 2.00 bits per heavy atom. The third-order valence-corrected chi connectivity index (χ3v) is 4.20. The van der Waals surface area contributed by atoms with Crippen LogP contribution >= 0.6 is 15.9 Å². The highest BCUT2D eigenvalue weighted by molar-refractivity contribution is 9.10. The normalized spacial score (nSPS) is 19.0. The molecule has 94 valence electrons. The van der Waals surface area contributed by atoms with Crippen LogP contribution in [0.4, 0.5) is 0 Å². The monoisotopic (exact) mass is 297 g/mol. The summed E-state index contributed by atoms with van der Waals surface area (Å²) in [7, 11) is 1.71. The van der Waals surface area contributed by atoms with Gasteiger partial charge in [-0.2, -0.15) is 0 Å². The molecule has 1 aliphatic carbocycles. The molecular formula is C14H20BrNO. The highest BCUT2D eigenvalue weighted by atomic mass is 79.9. The van der Waals surface area contributed by atoms with Crippen LogP contribution in [0.3, 0.4) is 0 Å². The van der Waals surface area contributed by atoms with Gasteiger partial charge in [0.05, 0.1) is 7.11 Å². The Morgan fingerprint density at radius 3 is 2.65 bits per heavy atom. The van der Waals surface area contributed by atoms with Crippen molar-refractivity contribution in [1.82, 2.24) is 0 Å². The predicted molar refractivity (Wildman–Crippen MR) is 74.2 cm³/mol. The number of benzene rings is 1. The average molecular weight is 298 g/mol. The van der Waals surface area contributed by atoms with E-state index >= 15 is 0 Å². The molecule has 0 aromatic heterocycles. The molecule has 2 rings (SSSR count). The predicted octanol–water partition coefficient (Wildman–Crippen LogP) is 4.04. The van der Waals surface area contributed by atoms with Crippen LogP contribution in [0.5, 0.6) is 5.75 Å². The number of ether oxygens (including phenoxy) is 1. The fourth-order valence-electron chi connectivity index (χ4n) is 2.71. The zero-order valence-electron chi connectivity index (χ0n) is 10.3. The van der Waals surface area contributed by atoms with Crippen LogP contribution in [0.25, 0.3) is 0 Å². The number of methoxy groups -OCH3 is 1. The summed E-state index contributed by atoms with van der Waals surface area (Å²) in [5.74, 6) is 1.51. The highest BCUT2D eigenvalue weighted by Crippen LogP contribution is 2.37. The molecule has 0 spiro atoms. The van der Waals surface area contributed by atoms with Crippen molar-refractivity contribution in [2.45, 2.75) is 38.1 Å². The van der Waals surface area contributed by atoms with Gasteiger partial charge in [0, 0.05) is 16.1 Å². The molecule has 0 heterocycles. The fourth-order valence-corrected chi connectivity index (χ4v) is 3.09. The first kappa shape index (κ1) is 12.9. The molecule has 0 aliphatic heterocycles. The summed E-state index contributed by atoms with van der Waals surface area (Å²) < 4.78 is 6.48. The molecule has 0 radical (unpaired) electrons. The zero-order chi connectivity index (χ0) is 12.3. The van der Waals surface area contributed by atoms with E-state index in [9.17, 15) is 0 Å². The molecule has 0 saturated heterocycles. The van der Waals surface area contributed by atoms with Gasteiger partial charge in [-0.15, -0.1) is 0 Å². The summed E-state index contributed by atoms with van der Waals surface area (Å²) in [6.07, 6.45) is 6.48. The summed E-state index contributed by atoms with van der Waals surface area (Å²) >= 11 is 3.51. The molecule has 2 nitrogen and oxygen atoms in total. The second-order valence-electron chi connectivity index (χ2n) is 4.81. The molecule has 3 heteroatoms. The second-order valence-corrected chi connectivity index (χ2v) is 5.73. The lowest BCUT2D eigenvalue weighted by Gasteiger charge is -2.28. The van der Waals surface area contributed by atoms with Gasteiger partial charge in [0.25, 0.3) is 0 Å². The van der Waals surface area contributed by atoms with Crippen LogP contribution in [-0.2, 0) is 0 Å². The summed E-state index contributed by atoms with van der Waals surface area (Å²) in [6, 6.07) is 6.18. The molecule has 1 aromatic rings. The van der Waals surface area contributed by atoms with Crippen molar-refractivity contribution >= 4 is 15.9 Å². The van der Waals surface area contributed by atoms with Crippen molar-refractivity contribution in [3.63, 3.8) is 0 Å². The maximum atomic E-state index is 6.41. The molecule has 1 aliphatic rings. The van der Waals surface area contributed by atoms with E-state index in [1.165, 1.54) is 32.1 Å². The second kappa shape index (κ2) is 5.87. The van der Waals surface area contributed by atoms with Gasteiger partial charge in [-0.3, -0.25) is 0 Å². The zero-order valence-corrected chi connectivity index (χ0v) is 11.9. The Balaban J connectivity index is 2.21.